The smallest absolute Gasteiger partial charge is 0.550 e. The van der Waals surface area contributed by atoms with E-state index < -0.39 is 35.8 Å². The third kappa shape index (κ3) is 4590. The Morgan fingerprint density at radius 2 is 0.385 bits per heavy atom. The van der Waals surface area contributed by atoms with Crippen LogP contribution in [0.4, 0.5) is 0 Å². The number of carbonyl (C=O) groups excluding carboxylic acids is 6. The molecule has 26 heavy (non-hydrogen) atoms. The van der Waals surface area contributed by atoms with Crippen LogP contribution in [-0.4, -0.2) is 35.8 Å². The molecule has 0 spiro atoms. The third-order valence-electron chi connectivity index (χ3n) is 0. The first kappa shape index (κ1) is 49.7. The Morgan fingerprint density at radius 1 is 0.385 bits per heavy atom. The van der Waals surface area contributed by atoms with Crippen molar-refractivity contribution in [3.63, 3.8) is 0 Å². The van der Waals surface area contributed by atoms with Gasteiger partial charge in [0.25, 0.3) is 0 Å². The van der Waals surface area contributed by atoms with Crippen molar-refractivity contribution in [3.05, 3.63) is 0 Å². The summed E-state index contributed by atoms with van der Waals surface area (Å²) in [5.41, 5.74) is 0. The first-order valence-corrected chi connectivity index (χ1v) is 5.45. The van der Waals surface area contributed by atoms with Crippen LogP contribution in [0.15, 0.2) is 0 Å². The predicted molar refractivity (Wildman–Crippen MR) is 64.1 cm³/mol. The van der Waals surface area contributed by atoms with Crippen molar-refractivity contribution in [2.75, 3.05) is 0 Å². The average molecular weight is 658 g/mol. The van der Waals surface area contributed by atoms with E-state index in [1.165, 1.54) is 0 Å². The molecule has 0 N–H and O–H groups in total. The quantitative estimate of drug-likeness (QED) is 0.221. The minimum Gasteiger partial charge on any atom is -0.550 e. The Morgan fingerprint density at radius 3 is 0.385 bits per heavy atom. The maximum Gasteiger partial charge on any atom is 4.00 e. The van der Waals surface area contributed by atoms with Crippen molar-refractivity contribution in [2.24, 2.45) is 0 Å². The van der Waals surface area contributed by atoms with Crippen LogP contribution >= 0.6 is 0 Å². The van der Waals surface area contributed by atoms with Gasteiger partial charge in [-0.2, -0.15) is 0 Å². The molecule has 0 unspecified atom stereocenters. The molecule has 0 aromatic heterocycles. The van der Waals surface area contributed by atoms with Gasteiger partial charge in [-0.15, -0.1) is 0 Å². The Bertz CT molecular complexity index is 267. The number of aliphatic carboxylic acids is 6. The molecule has 0 radical (unpaired) electrons. The van der Waals surface area contributed by atoms with Crippen molar-refractivity contribution >= 4 is 35.8 Å². The Hall–Kier alpha value is -1.50. The molecule has 0 aromatic rings. The number of carboxylic acids is 6. The molecular weight excluding hydrogens is 640 g/mol. The molecular formula is C12H18O12UZn. The molecule has 0 aromatic carbocycles. The fourth-order valence-corrected chi connectivity index (χ4v) is 0. The van der Waals surface area contributed by atoms with Gasteiger partial charge < -0.3 is 59.4 Å². The zero-order chi connectivity index (χ0) is 21.5. The van der Waals surface area contributed by atoms with Gasteiger partial charge >= 0.3 is 50.6 Å². The summed E-state index contributed by atoms with van der Waals surface area (Å²) < 4.78 is 0. The molecule has 0 saturated heterocycles. The van der Waals surface area contributed by atoms with E-state index in [-0.39, 0.29) is 50.6 Å². The predicted octanol–water partition coefficient (Wildman–Crippen LogP) is -7.47. The molecule has 0 rings (SSSR count). The van der Waals surface area contributed by atoms with E-state index in [0.717, 1.165) is 41.5 Å². The molecule has 0 amide bonds. The molecule has 0 aliphatic carbocycles. The van der Waals surface area contributed by atoms with Crippen LogP contribution in [0.5, 0.6) is 0 Å². The Kier molecular flexibility index (Phi) is 83.5. The van der Waals surface area contributed by atoms with E-state index in [1.807, 2.05) is 0 Å². The molecule has 14 heteroatoms. The fraction of sp³-hybridized carbons (Fsp3) is 0.500. The zero-order valence-electron chi connectivity index (χ0n) is 15.1. The number of hydrogen-bond donors (Lipinski definition) is 0. The monoisotopic (exact) mass is 656 g/mol. The van der Waals surface area contributed by atoms with Crippen molar-refractivity contribution in [1.82, 2.24) is 0 Å². The second-order valence-corrected chi connectivity index (χ2v) is 2.95. The molecule has 0 saturated carbocycles. The maximum absolute atomic E-state index is 8.89. The Labute approximate surface area is 186 Å². The normalized spacial score (nSPS) is 5.77. The van der Waals surface area contributed by atoms with Gasteiger partial charge in [-0.1, -0.05) is 0 Å². The summed E-state index contributed by atoms with van der Waals surface area (Å²) in [6, 6.07) is 0. The second-order valence-electron chi connectivity index (χ2n) is 2.95. The molecule has 12 nitrogen and oxygen atoms in total. The summed E-state index contributed by atoms with van der Waals surface area (Å²) in [4.78, 5) is 53.3. The van der Waals surface area contributed by atoms with Crippen molar-refractivity contribution in [2.45, 2.75) is 41.5 Å². The second kappa shape index (κ2) is 43.7. The van der Waals surface area contributed by atoms with Crippen LogP contribution in [0, 0.1) is 31.1 Å². The van der Waals surface area contributed by atoms with E-state index >= 15 is 0 Å². The SMILES string of the molecule is CC(=O)[O-].CC(=O)[O-].CC(=O)[O-].CC(=O)[O-].CC(=O)[O-].CC(=O)[O-].[U+4].[Zn+2]. The van der Waals surface area contributed by atoms with E-state index in [4.69, 9.17) is 59.4 Å². The first-order chi connectivity index (χ1) is 10.4. The molecule has 0 atom stereocenters. The first-order valence-electron chi connectivity index (χ1n) is 5.45. The van der Waals surface area contributed by atoms with Crippen molar-refractivity contribution < 1.29 is 110 Å². The van der Waals surface area contributed by atoms with Crippen molar-refractivity contribution in [1.29, 1.82) is 0 Å². The van der Waals surface area contributed by atoms with E-state index in [0.29, 0.717) is 0 Å². The molecule has 0 heterocycles. The van der Waals surface area contributed by atoms with Crippen LogP contribution in [0.1, 0.15) is 41.5 Å². The molecule has 0 aliphatic rings. The Balaban J connectivity index is -0.0000000245. The van der Waals surface area contributed by atoms with Gasteiger partial charge in [0.1, 0.15) is 0 Å². The van der Waals surface area contributed by atoms with Crippen LogP contribution < -0.4 is 30.6 Å². The van der Waals surface area contributed by atoms with E-state index in [1.54, 1.807) is 0 Å². The summed E-state index contributed by atoms with van der Waals surface area (Å²) >= 11 is 0. The average Bonchev–Trinajstić information content (AvgIpc) is 2.08. The summed E-state index contributed by atoms with van der Waals surface area (Å²) in [6.07, 6.45) is 0. The van der Waals surface area contributed by atoms with Gasteiger partial charge in [-0.3, -0.25) is 0 Å². The van der Waals surface area contributed by atoms with Gasteiger partial charge in [0.2, 0.25) is 0 Å². The van der Waals surface area contributed by atoms with Crippen LogP contribution in [-0.2, 0) is 48.2 Å². The summed E-state index contributed by atoms with van der Waals surface area (Å²) in [6.45, 7) is 5.83. The van der Waals surface area contributed by atoms with Gasteiger partial charge in [-0.25, -0.2) is 0 Å². The number of hydrogen-bond acceptors (Lipinski definition) is 12. The van der Waals surface area contributed by atoms with Crippen LogP contribution in [0.2, 0.25) is 0 Å². The minimum absolute atomic E-state index is 0. The summed E-state index contributed by atoms with van der Waals surface area (Å²) in [5.74, 6) is -6.50. The summed E-state index contributed by atoms with van der Waals surface area (Å²) in [5, 5.41) is 53.3. The van der Waals surface area contributed by atoms with E-state index in [9.17, 15) is 0 Å². The van der Waals surface area contributed by atoms with Crippen molar-refractivity contribution in [3.8, 4) is 0 Å². The van der Waals surface area contributed by atoms with Gasteiger partial charge in [-0.05, 0) is 41.5 Å². The molecule has 0 aliphatic heterocycles. The standard InChI is InChI=1S/6C2H4O2.U.Zn/c6*1-2(3)4;;/h6*1H3,(H,3,4);;/q;;;;;;+4;+2/p-6. The zero-order valence-corrected chi connectivity index (χ0v) is 22.2. The minimum atomic E-state index is -1.08. The number of rotatable bonds is 0. The van der Waals surface area contributed by atoms with Crippen LogP contribution in [0.25, 0.3) is 0 Å². The fourth-order valence-electron chi connectivity index (χ4n) is 0. The third-order valence-corrected chi connectivity index (χ3v) is 0. The van der Waals surface area contributed by atoms with Gasteiger partial charge in [0.15, 0.2) is 0 Å². The largest absolute Gasteiger partial charge is 4.00 e. The summed E-state index contributed by atoms with van der Waals surface area (Å²) in [7, 11) is 0. The topological polar surface area (TPSA) is 241 Å². The van der Waals surface area contributed by atoms with E-state index in [2.05, 4.69) is 0 Å². The maximum atomic E-state index is 8.89. The van der Waals surface area contributed by atoms with Gasteiger partial charge in [0, 0.05) is 35.8 Å². The van der Waals surface area contributed by atoms with Gasteiger partial charge in [0.05, 0.1) is 0 Å². The number of carbonyl (C=O) groups is 6. The molecule has 0 fully saturated rings. The number of carboxylic acid groups (broad SMARTS) is 6. The molecule has 0 bridgehead atoms. The van der Waals surface area contributed by atoms with Crippen LogP contribution in [0.3, 0.4) is 0 Å². The molecule has 144 valence electrons.